The number of hydrogen-bond acceptors (Lipinski definition) is 4. The number of nitrogens with zero attached hydrogens (tertiary/aromatic N) is 1. The van der Waals surface area contributed by atoms with Gasteiger partial charge < -0.3 is 25.0 Å². The number of benzene rings is 2. The van der Waals surface area contributed by atoms with Crippen molar-refractivity contribution in [1.29, 1.82) is 0 Å². The summed E-state index contributed by atoms with van der Waals surface area (Å²) in [5.74, 6) is 1.21. The summed E-state index contributed by atoms with van der Waals surface area (Å²) in [4.78, 5) is 26.7. The van der Waals surface area contributed by atoms with E-state index in [2.05, 4.69) is 10.6 Å². The number of hydrogen-bond donors (Lipinski definition) is 2. The van der Waals surface area contributed by atoms with Crippen LogP contribution in [0.5, 0.6) is 11.5 Å². The summed E-state index contributed by atoms with van der Waals surface area (Å²) in [6, 6.07) is 12.8. The van der Waals surface area contributed by atoms with Crippen molar-refractivity contribution in [3.8, 4) is 11.5 Å². The molecule has 3 amide bonds. The molecule has 0 bridgehead atoms. The lowest BCUT2D eigenvalue weighted by Gasteiger charge is -2.20. The summed E-state index contributed by atoms with van der Waals surface area (Å²) in [5.41, 5.74) is 2.33. The molecule has 0 atom stereocenters. The second-order valence-corrected chi connectivity index (χ2v) is 7.61. The molecule has 0 saturated carbocycles. The van der Waals surface area contributed by atoms with Crippen LogP contribution in [0.3, 0.4) is 0 Å². The highest BCUT2D eigenvalue weighted by Crippen LogP contribution is 2.31. The lowest BCUT2D eigenvalue weighted by Crippen LogP contribution is -2.35. The van der Waals surface area contributed by atoms with Crippen molar-refractivity contribution in [2.24, 2.45) is 0 Å². The van der Waals surface area contributed by atoms with Gasteiger partial charge in [0.1, 0.15) is 0 Å². The van der Waals surface area contributed by atoms with Crippen molar-refractivity contribution in [1.82, 2.24) is 4.90 Å². The Morgan fingerprint density at radius 1 is 0.871 bits per heavy atom. The molecule has 1 fully saturated rings. The topological polar surface area (TPSA) is 79.9 Å². The minimum atomic E-state index is -0.0915. The summed E-state index contributed by atoms with van der Waals surface area (Å²) in [6.45, 7) is 1.61. The summed E-state index contributed by atoms with van der Waals surface area (Å²) < 4.78 is 10.7. The molecule has 0 aliphatic carbocycles. The Hall–Kier alpha value is -3.22. The van der Waals surface area contributed by atoms with Crippen LogP contribution in [0.25, 0.3) is 0 Å². The zero-order valence-electron chi connectivity index (χ0n) is 18.3. The molecular formula is C24H31N3O4. The van der Waals surface area contributed by atoms with E-state index in [1.54, 1.807) is 38.5 Å². The van der Waals surface area contributed by atoms with E-state index in [1.165, 1.54) is 12.8 Å². The molecule has 1 aliphatic heterocycles. The zero-order valence-corrected chi connectivity index (χ0v) is 18.3. The first-order chi connectivity index (χ1) is 15.1. The summed E-state index contributed by atoms with van der Waals surface area (Å²) in [5, 5.41) is 5.83. The van der Waals surface area contributed by atoms with Crippen LogP contribution in [0.1, 0.15) is 37.7 Å². The highest BCUT2D eigenvalue weighted by Gasteiger charge is 2.15. The molecule has 1 heterocycles. The van der Waals surface area contributed by atoms with Gasteiger partial charge in [-0.2, -0.15) is 0 Å². The predicted octanol–water partition coefficient (Wildman–Crippen LogP) is 4.68. The second kappa shape index (κ2) is 11.2. The number of urea groups is 1. The number of likely N-dealkylation sites (tertiary alicyclic amines) is 1. The minimum Gasteiger partial charge on any atom is -0.493 e. The van der Waals surface area contributed by atoms with Gasteiger partial charge in [0.25, 0.3) is 0 Å². The van der Waals surface area contributed by atoms with Gasteiger partial charge in [-0.3, -0.25) is 4.79 Å². The molecule has 3 rings (SSSR count). The molecule has 7 heteroatoms. The first kappa shape index (κ1) is 22.5. The molecular weight excluding hydrogens is 394 g/mol. The Kier molecular flexibility index (Phi) is 8.15. The van der Waals surface area contributed by atoms with Crippen LogP contribution in [-0.4, -0.2) is 44.1 Å². The van der Waals surface area contributed by atoms with E-state index in [0.717, 1.165) is 31.5 Å². The molecule has 1 saturated heterocycles. The Morgan fingerprint density at radius 2 is 1.52 bits per heavy atom. The summed E-state index contributed by atoms with van der Waals surface area (Å²) in [6.07, 6.45) is 5.33. The molecule has 166 valence electrons. The molecule has 31 heavy (non-hydrogen) atoms. The molecule has 0 unspecified atom stereocenters. The Morgan fingerprint density at radius 3 is 2.13 bits per heavy atom. The Balaban J connectivity index is 1.50. The number of aryl methyl sites for hydroxylation is 1. The Labute approximate surface area is 183 Å². The number of rotatable bonds is 7. The lowest BCUT2D eigenvalue weighted by molar-refractivity contribution is -0.116. The number of anilines is 2. The fourth-order valence-electron chi connectivity index (χ4n) is 3.74. The molecule has 1 aliphatic rings. The lowest BCUT2D eigenvalue weighted by atomic mass is 10.1. The minimum absolute atomic E-state index is 0.0640. The highest BCUT2D eigenvalue weighted by molar-refractivity contribution is 5.92. The molecule has 2 aromatic rings. The van der Waals surface area contributed by atoms with Crippen molar-refractivity contribution < 1.29 is 19.1 Å². The number of carbonyl (C=O) groups excluding carboxylic acids is 2. The summed E-state index contributed by atoms with van der Waals surface area (Å²) >= 11 is 0. The van der Waals surface area contributed by atoms with Crippen LogP contribution >= 0.6 is 0 Å². The largest absolute Gasteiger partial charge is 0.493 e. The molecule has 0 radical (unpaired) electrons. The average Bonchev–Trinajstić information content (AvgIpc) is 3.08. The Bertz CT molecular complexity index is 875. The van der Waals surface area contributed by atoms with E-state index >= 15 is 0 Å². The van der Waals surface area contributed by atoms with Gasteiger partial charge >= 0.3 is 6.03 Å². The van der Waals surface area contributed by atoms with Gasteiger partial charge in [0, 0.05) is 30.9 Å². The average molecular weight is 426 g/mol. The molecule has 0 aromatic heterocycles. The van der Waals surface area contributed by atoms with Gasteiger partial charge in [-0.15, -0.1) is 0 Å². The van der Waals surface area contributed by atoms with Crippen molar-refractivity contribution in [2.75, 3.05) is 37.9 Å². The molecule has 0 spiro atoms. The van der Waals surface area contributed by atoms with Gasteiger partial charge in [-0.05, 0) is 55.2 Å². The van der Waals surface area contributed by atoms with Crippen molar-refractivity contribution in [3.05, 3.63) is 48.0 Å². The molecule has 7 nitrogen and oxygen atoms in total. The standard InChI is InChI=1S/C24H31N3O4/c1-30-21-9-7-8-18(23(21)31-2)10-15-22(28)25-19-11-13-20(14-12-19)26-24(29)27-16-5-3-4-6-17-27/h7-9,11-14H,3-6,10,15-17H2,1-2H3,(H,25,28)(H,26,29). The number of carbonyl (C=O) groups is 2. The number of nitrogens with one attached hydrogen (secondary N) is 2. The smallest absolute Gasteiger partial charge is 0.321 e. The number of ether oxygens (including phenoxy) is 2. The van der Waals surface area contributed by atoms with Gasteiger partial charge in [0.2, 0.25) is 5.91 Å². The van der Waals surface area contributed by atoms with Crippen LogP contribution in [0.4, 0.5) is 16.2 Å². The van der Waals surface area contributed by atoms with E-state index in [-0.39, 0.29) is 11.9 Å². The fraction of sp³-hybridized carbons (Fsp3) is 0.417. The monoisotopic (exact) mass is 425 g/mol. The highest BCUT2D eigenvalue weighted by atomic mass is 16.5. The van der Waals surface area contributed by atoms with E-state index in [0.29, 0.717) is 35.7 Å². The van der Waals surface area contributed by atoms with Crippen LogP contribution in [0.2, 0.25) is 0 Å². The van der Waals surface area contributed by atoms with Gasteiger partial charge in [0.05, 0.1) is 14.2 Å². The molecule has 2 N–H and O–H groups in total. The van der Waals surface area contributed by atoms with Crippen LogP contribution in [0, 0.1) is 0 Å². The SMILES string of the molecule is COc1cccc(CCC(=O)Nc2ccc(NC(=O)N3CCCCCC3)cc2)c1OC. The van der Waals surface area contributed by atoms with Crippen molar-refractivity contribution >= 4 is 23.3 Å². The quantitative estimate of drug-likeness (QED) is 0.675. The van der Waals surface area contributed by atoms with Gasteiger partial charge in [-0.25, -0.2) is 4.79 Å². The van der Waals surface area contributed by atoms with Crippen molar-refractivity contribution in [2.45, 2.75) is 38.5 Å². The van der Waals surface area contributed by atoms with Gasteiger partial charge in [0.15, 0.2) is 11.5 Å². The van der Waals surface area contributed by atoms with Crippen LogP contribution in [0.15, 0.2) is 42.5 Å². The van der Waals surface area contributed by atoms with Crippen LogP contribution in [-0.2, 0) is 11.2 Å². The zero-order chi connectivity index (χ0) is 22.1. The van der Waals surface area contributed by atoms with Crippen LogP contribution < -0.4 is 20.1 Å². The second-order valence-electron chi connectivity index (χ2n) is 7.61. The van der Waals surface area contributed by atoms with E-state index in [4.69, 9.17) is 9.47 Å². The maximum Gasteiger partial charge on any atom is 0.321 e. The first-order valence-electron chi connectivity index (χ1n) is 10.8. The third kappa shape index (κ3) is 6.38. The maximum atomic E-state index is 12.4. The van der Waals surface area contributed by atoms with E-state index in [9.17, 15) is 9.59 Å². The summed E-state index contributed by atoms with van der Waals surface area (Å²) in [7, 11) is 3.18. The molecule has 2 aromatic carbocycles. The number of amides is 3. The van der Waals surface area contributed by atoms with E-state index in [1.807, 2.05) is 23.1 Å². The number of para-hydroxylation sites is 1. The van der Waals surface area contributed by atoms with E-state index < -0.39 is 0 Å². The number of methoxy groups -OCH3 is 2. The first-order valence-corrected chi connectivity index (χ1v) is 10.8. The fourth-order valence-corrected chi connectivity index (χ4v) is 3.74. The van der Waals surface area contributed by atoms with Crippen molar-refractivity contribution in [3.63, 3.8) is 0 Å². The predicted molar refractivity (Wildman–Crippen MR) is 122 cm³/mol. The normalized spacial score (nSPS) is 13.8. The third-order valence-corrected chi connectivity index (χ3v) is 5.42. The maximum absolute atomic E-state index is 12.4. The third-order valence-electron chi connectivity index (χ3n) is 5.42. The van der Waals surface area contributed by atoms with Gasteiger partial charge in [-0.1, -0.05) is 25.0 Å².